The van der Waals surface area contributed by atoms with Crippen molar-refractivity contribution in [1.82, 2.24) is 9.97 Å². The van der Waals surface area contributed by atoms with Crippen molar-refractivity contribution in [2.75, 3.05) is 16.8 Å². The third-order valence-corrected chi connectivity index (χ3v) is 5.27. The van der Waals surface area contributed by atoms with Crippen LogP contribution < -0.4 is 9.80 Å². The number of aromatic nitrogens is 2. The molecule has 23 heavy (non-hydrogen) atoms. The van der Waals surface area contributed by atoms with Crippen LogP contribution in [0.4, 0.5) is 11.5 Å². The molecule has 2 aliphatic rings. The summed E-state index contributed by atoms with van der Waals surface area (Å²) in [7, 11) is -0.844. The Bertz CT molecular complexity index is 677. The lowest BCUT2D eigenvalue weighted by atomic mass is 10.0. The summed E-state index contributed by atoms with van der Waals surface area (Å²) in [5, 5.41) is 0. The van der Waals surface area contributed by atoms with Crippen LogP contribution in [-0.4, -0.2) is 43.4 Å². The summed E-state index contributed by atoms with van der Waals surface area (Å²) in [5.74, 6) is 0.876. The number of carbonyl (C=O) groups excluding carboxylic acids is 1. The molecule has 0 radical (unpaired) electrons. The van der Waals surface area contributed by atoms with Gasteiger partial charge in [0.25, 0.3) is 0 Å². The van der Waals surface area contributed by atoms with Crippen molar-refractivity contribution in [2.24, 2.45) is 0 Å². The molecule has 1 aliphatic heterocycles. The van der Waals surface area contributed by atoms with Gasteiger partial charge < -0.3 is 9.80 Å². The first kappa shape index (κ1) is 16.2. The van der Waals surface area contributed by atoms with Crippen LogP contribution in [0.5, 0.6) is 0 Å². The van der Waals surface area contributed by atoms with E-state index in [1.807, 2.05) is 6.92 Å². The summed E-state index contributed by atoms with van der Waals surface area (Å²) in [5.41, 5.74) is 0.663. The lowest BCUT2D eigenvalue weighted by Gasteiger charge is -2.43. The number of thiol groups is 1. The van der Waals surface area contributed by atoms with Gasteiger partial charge in [-0.15, -0.1) is 0 Å². The number of amides is 1. The Morgan fingerprint density at radius 2 is 2.00 bits per heavy atom. The van der Waals surface area contributed by atoms with Crippen LogP contribution in [0, 0.1) is 0 Å². The van der Waals surface area contributed by atoms with Gasteiger partial charge in [0.15, 0.2) is 5.82 Å². The van der Waals surface area contributed by atoms with E-state index in [9.17, 15) is 13.2 Å². The Morgan fingerprint density at radius 1 is 1.30 bits per heavy atom. The minimum atomic E-state index is -2.57. The number of rotatable bonds is 4. The van der Waals surface area contributed by atoms with Crippen LogP contribution in [-0.2, 0) is 21.3 Å². The zero-order valence-electron chi connectivity index (χ0n) is 13.4. The number of hydrogen-bond acceptors (Lipinski definition) is 6. The van der Waals surface area contributed by atoms with E-state index in [0.717, 1.165) is 25.7 Å². The molecule has 8 heteroatoms. The van der Waals surface area contributed by atoms with Crippen molar-refractivity contribution in [3.05, 3.63) is 12.0 Å². The van der Waals surface area contributed by atoms with Crippen LogP contribution in [0.25, 0.3) is 0 Å². The SMILES string of the molecule is CC[C@@H]1C(=O)N(C)c2cnc(C[SH](=O)=O)nc2N1C1CCCC1. The van der Waals surface area contributed by atoms with E-state index in [-0.39, 0.29) is 17.7 Å². The highest BCUT2D eigenvalue weighted by molar-refractivity contribution is 7.71. The first-order chi connectivity index (χ1) is 11.0. The van der Waals surface area contributed by atoms with Gasteiger partial charge in [0.05, 0.1) is 6.20 Å². The van der Waals surface area contributed by atoms with Gasteiger partial charge in [-0.1, -0.05) is 19.8 Å². The van der Waals surface area contributed by atoms with Crippen molar-refractivity contribution in [3.63, 3.8) is 0 Å². The van der Waals surface area contributed by atoms with Crippen molar-refractivity contribution in [2.45, 2.75) is 56.9 Å². The first-order valence-electron chi connectivity index (χ1n) is 8.06. The molecule has 1 aliphatic carbocycles. The zero-order valence-corrected chi connectivity index (χ0v) is 14.3. The molecule has 0 saturated heterocycles. The van der Waals surface area contributed by atoms with E-state index in [1.54, 1.807) is 18.1 Å². The van der Waals surface area contributed by atoms with Crippen molar-refractivity contribution in [1.29, 1.82) is 0 Å². The van der Waals surface area contributed by atoms with Gasteiger partial charge in [0, 0.05) is 13.1 Å². The standard InChI is InChI=1S/C15H22N4O3S/c1-3-11-15(20)18(2)12-8-16-13(9-23(21)22)17-14(12)19(11)10-6-4-5-7-10/h8,10-11,23H,3-7,9H2,1-2H3/t11-/m1/s1. The van der Waals surface area contributed by atoms with E-state index in [4.69, 9.17) is 0 Å². The molecule has 0 N–H and O–H groups in total. The molecule has 1 saturated carbocycles. The molecule has 126 valence electrons. The Labute approximate surface area is 137 Å². The molecule has 2 heterocycles. The molecule has 1 atom stereocenters. The van der Waals surface area contributed by atoms with Gasteiger partial charge in [-0.2, -0.15) is 0 Å². The highest BCUT2D eigenvalue weighted by Crippen LogP contribution is 2.39. The summed E-state index contributed by atoms with van der Waals surface area (Å²) in [6.07, 6.45) is 6.67. The number of hydrogen-bond donors (Lipinski definition) is 1. The van der Waals surface area contributed by atoms with Crippen molar-refractivity contribution >= 4 is 28.1 Å². The third kappa shape index (κ3) is 2.91. The summed E-state index contributed by atoms with van der Waals surface area (Å²) >= 11 is 0. The fourth-order valence-corrected chi connectivity index (χ4v) is 3.99. The second-order valence-corrected chi connectivity index (χ2v) is 7.13. The quantitative estimate of drug-likeness (QED) is 0.828. The van der Waals surface area contributed by atoms with Gasteiger partial charge in [0.1, 0.15) is 34.0 Å². The Hall–Kier alpha value is -1.70. The molecular formula is C15H22N4O3S. The summed E-state index contributed by atoms with van der Waals surface area (Å²) in [4.78, 5) is 25.0. The Balaban J connectivity index is 2.09. The largest absolute Gasteiger partial charge is 0.340 e. The topological polar surface area (TPSA) is 83.5 Å². The third-order valence-electron chi connectivity index (χ3n) is 4.73. The molecule has 0 unspecified atom stereocenters. The molecule has 1 aromatic heterocycles. The minimum absolute atomic E-state index is 0.0538. The average Bonchev–Trinajstić information content (AvgIpc) is 3.03. The fourth-order valence-electron chi connectivity index (χ4n) is 3.61. The lowest BCUT2D eigenvalue weighted by molar-refractivity contribution is -0.120. The number of anilines is 2. The Kier molecular flexibility index (Phi) is 4.52. The maximum absolute atomic E-state index is 12.7. The number of fused-ring (bicyclic) bond motifs is 1. The van der Waals surface area contributed by atoms with Gasteiger partial charge >= 0.3 is 0 Å². The maximum Gasteiger partial charge on any atom is 0.249 e. The molecule has 1 fully saturated rings. The molecule has 3 rings (SSSR count). The van der Waals surface area contributed by atoms with Crippen LogP contribution in [0.2, 0.25) is 0 Å². The van der Waals surface area contributed by atoms with Gasteiger partial charge in [-0.3, -0.25) is 4.79 Å². The van der Waals surface area contributed by atoms with Crippen LogP contribution in [0.3, 0.4) is 0 Å². The highest BCUT2D eigenvalue weighted by Gasteiger charge is 2.41. The van der Waals surface area contributed by atoms with Crippen LogP contribution in [0.15, 0.2) is 6.20 Å². The van der Waals surface area contributed by atoms with Crippen LogP contribution in [0.1, 0.15) is 44.9 Å². The van der Waals surface area contributed by atoms with Gasteiger partial charge in [-0.05, 0) is 19.3 Å². The van der Waals surface area contributed by atoms with E-state index < -0.39 is 10.7 Å². The monoisotopic (exact) mass is 338 g/mol. The van der Waals surface area contributed by atoms with Gasteiger partial charge in [0.2, 0.25) is 5.91 Å². The second-order valence-electron chi connectivity index (χ2n) is 6.15. The van der Waals surface area contributed by atoms with E-state index in [2.05, 4.69) is 14.9 Å². The smallest absolute Gasteiger partial charge is 0.249 e. The number of carbonyl (C=O) groups is 1. The predicted molar refractivity (Wildman–Crippen MR) is 88.3 cm³/mol. The Morgan fingerprint density at radius 3 is 2.61 bits per heavy atom. The van der Waals surface area contributed by atoms with Crippen molar-refractivity contribution in [3.8, 4) is 0 Å². The van der Waals surface area contributed by atoms with Crippen LogP contribution >= 0.6 is 0 Å². The lowest BCUT2D eigenvalue weighted by Crippen LogP contribution is -2.55. The second kappa shape index (κ2) is 6.43. The van der Waals surface area contributed by atoms with E-state index >= 15 is 0 Å². The molecule has 0 bridgehead atoms. The highest BCUT2D eigenvalue weighted by atomic mass is 32.2. The maximum atomic E-state index is 12.7. The number of likely N-dealkylation sites (N-methyl/N-ethyl adjacent to an activating group) is 1. The van der Waals surface area contributed by atoms with E-state index in [0.29, 0.717) is 29.8 Å². The molecular weight excluding hydrogens is 316 g/mol. The number of nitrogens with zero attached hydrogens (tertiary/aromatic N) is 4. The first-order valence-corrected chi connectivity index (χ1v) is 9.42. The normalized spacial score (nSPS) is 22.0. The fraction of sp³-hybridized carbons (Fsp3) is 0.667. The molecule has 0 spiro atoms. The van der Waals surface area contributed by atoms with Gasteiger partial charge in [-0.25, -0.2) is 18.4 Å². The molecule has 0 aromatic carbocycles. The molecule has 1 amide bonds. The molecule has 7 nitrogen and oxygen atoms in total. The summed E-state index contributed by atoms with van der Waals surface area (Å²) < 4.78 is 22.0. The molecule has 1 aromatic rings. The minimum Gasteiger partial charge on any atom is -0.340 e. The summed E-state index contributed by atoms with van der Waals surface area (Å²) in [6.45, 7) is 2.00. The zero-order chi connectivity index (χ0) is 16.6. The predicted octanol–water partition coefficient (Wildman–Crippen LogP) is 1.09. The van der Waals surface area contributed by atoms with E-state index in [1.165, 1.54) is 0 Å². The van der Waals surface area contributed by atoms with Crippen molar-refractivity contribution < 1.29 is 13.2 Å². The summed E-state index contributed by atoms with van der Waals surface area (Å²) in [6, 6.07) is 0.0551. The average molecular weight is 338 g/mol.